The summed E-state index contributed by atoms with van der Waals surface area (Å²) in [6.45, 7) is 2.50. The number of phenols is 1. The molecule has 4 nitrogen and oxygen atoms in total. The Morgan fingerprint density at radius 2 is 1.75 bits per heavy atom. The fraction of sp³-hybridized carbons (Fsp3) is 0.632. The van der Waals surface area contributed by atoms with Crippen LogP contribution in [0.25, 0.3) is 0 Å². The molecule has 0 unspecified atom stereocenters. The predicted octanol–water partition coefficient (Wildman–Crippen LogP) is -0.129. The summed E-state index contributed by atoms with van der Waals surface area (Å²) < 4.78 is 0. The van der Waals surface area contributed by atoms with Crippen LogP contribution in [0.1, 0.15) is 63.0 Å². The molecule has 0 aliphatic carbocycles. The van der Waals surface area contributed by atoms with Gasteiger partial charge in [0.1, 0.15) is 5.75 Å². The Kier molecular flexibility index (Phi) is 13.4. The maximum Gasteiger partial charge on any atom is 1.00 e. The van der Waals surface area contributed by atoms with Crippen LogP contribution in [0.3, 0.4) is 0 Å². The van der Waals surface area contributed by atoms with Crippen molar-refractivity contribution < 1.29 is 44.6 Å². The Balaban J connectivity index is 0.00000529. The number of aryl methyl sites for hydroxylation is 1. The first-order chi connectivity index (χ1) is 11.0. The number of carboxylic acid groups (broad SMARTS) is 1. The quantitative estimate of drug-likeness (QED) is 0.424. The second kappa shape index (κ2) is 13.7. The Hall–Kier alpha value is -0.550. The van der Waals surface area contributed by atoms with Crippen molar-refractivity contribution in [2.75, 3.05) is 13.6 Å². The number of benzene rings is 1. The molecule has 1 N–H and O–H groups in total. The van der Waals surface area contributed by atoms with E-state index in [1.54, 1.807) is 18.0 Å². The predicted molar refractivity (Wildman–Crippen MR) is 91.1 cm³/mol. The van der Waals surface area contributed by atoms with Gasteiger partial charge in [0.2, 0.25) is 0 Å². The molecule has 0 aromatic heterocycles. The largest absolute Gasteiger partial charge is 1.00 e. The summed E-state index contributed by atoms with van der Waals surface area (Å²) in [6.07, 6.45) is 9.97. The van der Waals surface area contributed by atoms with Gasteiger partial charge in [-0.25, -0.2) is 0 Å². The number of rotatable bonds is 12. The number of hydrogen-bond acceptors (Lipinski definition) is 4. The molecule has 0 fully saturated rings. The van der Waals surface area contributed by atoms with E-state index in [1.807, 2.05) is 12.1 Å². The summed E-state index contributed by atoms with van der Waals surface area (Å²) in [5.41, 5.74) is 1.97. The molecule has 0 radical (unpaired) electrons. The molecule has 0 amide bonds. The van der Waals surface area contributed by atoms with Gasteiger partial charge < -0.3 is 15.0 Å². The zero-order valence-electron chi connectivity index (χ0n) is 15.5. The molecule has 0 saturated carbocycles. The van der Waals surface area contributed by atoms with Crippen molar-refractivity contribution in [3.05, 3.63) is 29.3 Å². The molecule has 130 valence electrons. The van der Waals surface area contributed by atoms with Gasteiger partial charge in [0.25, 0.3) is 0 Å². The molecule has 0 spiro atoms. The fourth-order valence-electron chi connectivity index (χ4n) is 2.77. The van der Waals surface area contributed by atoms with E-state index in [9.17, 15) is 15.0 Å². The van der Waals surface area contributed by atoms with Gasteiger partial charge in [-0.3, -0.25) is 4.90 Å². The minimum absolute atomic E-state index is 0. The third-order valence-corrected chi connectivity index (χ3v) is 4.05. The minimum atomic E-state index is -1.11. The molecule has 0 saturated heterocycles. The molecule has 1 rings (SSSR count). The van der Waals surface area contributed by atoms with Crippen molar-refractivity contribution in [1.82, 2.24) is 4.90 Å². The van der Waals surface area contributed by atoms with Crippen LogP contribution in [0, 0.1) is 0 Å². The van der Waals surface area contributed by atoms with Crippen LogP contribution in [0.15, 0.2) is 18.2 Å². The summed E-state index contributed by atoms with van der Waals surface area (Å²) in [5.74, 6) is -0.885. The van der Waals surface area contributed by atoms with E-state index < -0.39 is 5.97 Å². The summed E-state index contributed by atoms with van der Waals surface area (Å²) >= 11 is 0. The van der Waals surface area contributed by atoms with Crippen molar-refractivity contribution in [3.8, 4) is 5.75 Å². The number of nitrogens with zero attached hydrogens (tertiary/aromatic N) is 1. The number of carbonyl (C=O) groups excluding carboxylic acids is 1. The van der Waals surface area contributed by atoms with E-state index in [2.05, 4.69) is 6.92 Å². The van der Waals surface area contributed by atoms with E-state index in [4.69, 9.17) is 0 Å². The maximum absolute atomic E-state index is 10.6. The van der Waals surface area contributed by atoms with Gasteiger partial charge in [-0.1, -0.05) is 57.6 Å². The summed E-state index contributed by atoms with van der Waals surface area (Å²) in [4.78, 5) is 12.2. The second-order valence-electron chi connectivity index (χ2n) is 6.38. The molecule has 0 aliphatic rings. The van der Waals surface area contributed by atoms with Crippen molar-refractivity contribution in [2.45, 2.75) is 64.8 Å². The van der Waals surface area contributed by atoms with Crippen molar-refractivity contribution >= 4 is 5.97 Å². The van der Waals surface area contributed by atoms with Crippen molar-refractivity contribution in [3.63, 3.8) is 0 Å². The molecule has 0 bridgehead atoms. The minimum Gasteiger partial charge on any atom is -0.549 e. The SMILES string of the molecule is CCCCCCCCCc1ccc(O)c(CN(C)CC(=O)[O-])c1.[Na+]. The van der Waals surface area contributed by atoms with Crippen LogP contribution in [0.2, 0.25) is 0 Å². The van der Waals surface area contributed by atoms with Gasteiger partial charge in [-0.2, -0.15) is 0 Å². The number of carboxylic acids is 1. The maximum atomic E-state index is 10.6. The first-order valence-corrected chi connectivity index (χ1v) is 8.72. The van der Waals surface area contributed by atoms with E-state index in [1.165, 1.54) is 44.1 Å². The first kappa shape index (κ1) is 23.4. The second-order valence-corrected chi connectivity index (χ2v) is 6.38. The first-order valence-electron chi connectivity index (χ1n) is 8.72. The van der Waals surface area contributed by atoms with Gasteiger partial charge >= 0.3 is 29.6 Å². The summed E-state index contributed by atoms with van der Waals surface area (Å²) in [6, 6.07) is 5.64. The zero-order chi connectivity index (χ0) is 17.1. The Bertz CT molecular complexity index is 480. The molecule has 5 heteroatoms. The van der Waals surface area contributed by atoms with Crippen LogP contribution >= 0.6 is 0 Å². The third kappa shape index (κ3) is 10.3. The fourth-order valence-corrected chi connectivity index (χ4v) is 2.77. The van der Waals surface area contributed by atoms with Gasteiger partial charge in [0.05, 0.1) is 5.97 Å². The number of carbonyl (C=O) groups is 1. The summed E-state index contributed by atoms with van der Waals surface area (Å²) in [5, 5.41) is 20.5. The molecule has 0 atom stereocenters. The number of phenolic OH excluding ortho intramolecular Hbond substituents is 1. The van der Waals surface area contributed by atoms with Crippen LogP contribution in [0.5, 0.6) is 5.75 Å². The molecular formula is C19H30NNaO3. The number of hydrogen-bond donors (Lipinski definition) is 1. The summed E-state index contributed by atoms with van der Waals surface area (Å²) in [7, 11) is 1.71. The zero-order valence-corrected chi connectivity index (χ0v) is 17.5. The van der Waals surface area contributed by atoms with E-state index in [-0.39, 0.29) is 41.9 Å². The number of aliphatic carboxylic acids is 1. The normalized spacial score (nSPS) is 10.6. The molecule has 0 aliphatic heterocycles. The van der Waals surface area contributed by atoms with E-state index in [0.717, 1.165) is 18.4 Å². The van der Waals surface area contributed by atoms with Gasteiger partial charge in [0.15, 0.2) is 0 Å². The average Bonchev–Trinajstić information content (AvgIpc) is 2.48. The molecule has 1 aromatic carbocycles. The van der Waals surface area contributed by atoms with Crippen LogP contribution < -0.4 is 34.7 Å². The Morgan fingerprint density at radius 1 is 1.12 bits per heavy atom. The van der Waals surface area contributed by atoms with Crippen LogP contribution in [0.4, 0.5) is 0 Å². The smallest absolute Gasteiger partial charge is 0.549 e. The average molecular weight is 343 g/mol. The van der Waals surface area contributed by atoms with Crippen LogP contribution in [-0.4, -0.2) is 29.6 Å². The molecule has 24 heavy (non-hydrogen) atoms. The standard InChI is InChI=1S/C19H31NO3.Na/c1-3-4-5-6-7-8-9-10-16-11-12-18(21)17(13-16)14-20(2)15-19(22)23;/h11-13,21H,3-10,14-15H2,1-2H3,(H,22,23);/q;+1/p-1. The molecule has 1 aromatic rings. The van der Waals surface area contributed by atoms with Crippen molar-refractivity contribution in [1.29, 1.82) is 0 Å². The Morgan fingerprint density at radius 3 is 2.38 bits per heavy atom. The Labute approximate surface area is 168 Å². The third-order valence-electron chi connectivity index (χ3n) is 4.05. The number of aromatic hydroxyl groups is 1. The van der Waals surface area contributed by atoms with E-state index in [0.29, 0.717) is 6.54 Å². The monoisotopic (exact) mass is 343 g/mol. The molecular weight excluding hydrogens is 313 g/mol. The molecule has 0 heterocycles. The van der Waals surface area contributed by atoms with E-state index >= 15 is 0 Å². The topological polar surface area (TPSA) is 63.6 Å². The van der Waals surface area contributed by atoms with Gasteiger partial charge in [-0.15, -0.1) is 0 Å². The van der Waals surface area contributed by atoms with Gasteiger partial charge in [-0.05, 0) is 31.5 Å². The number of unbranched alkanes of at least 4 members (excludes halogenated alkanes) is 6. The number of likely N-dealkylation sites (N-methyl/N-ethyl adjacent to an activating group) is 1. The van der Waals surface area contributed by atoms with Crippen molar-refractivity contribution in [2.24, 2.45) is 0 Å². The van der Waals surface area contributed by atoms with Crippen LogP contribution in [-0.2, 0) is 17.8 Å². The van der Waals surface area contributed by atoms with Gasteiger partial charge in [0, 0.05) is 18.7 Å².